The maximum Gasteiger partial charge on any atom is 0.341 e. The van der Waals surface area contributed by atoms with Crippen LogP contribution in [0.1, 0.15) is 93.5 Å². The van der Waals surface area contributed by atoms with Gasteiger partial charge in [0.1, 0.15) is 17.2 Å². The molecule has 0 spiro atoms. The van der Waals surface area contributed by atoms with Crippen molar-refractivity contribution in [1.82, 2.24) is 0 Å². The number of carbonyl (C=O) groups is 1. The van der Waals surface area contributed by atoms with E-state index in [2.05, 4.69) is 6.92 Å². The molecular formula is C24H34F2O2. The predicted molar refractivity (Wildman–Crippen MR) is 107 cm³/mol. The highest BCUT2D eigenvalue weighted by molar-refractivity contribution is 5.88. The predicted octanol–water partition coefficient (Wildman–Crippen LogP) is 7.01. The van der Waals surface area contributed by atoms with E-state index in [1.165, 1.54) is 82.8 Å². The Morgan fingerprint density at radius 3 is 2.11 bits per heavy atom. The smallest absolute Gasteiger partial charge is 0.341 e. The van der Waals surface area contributed by atoms with Crippen LogP contribution in [-0.4, -0.2) is 11.1 Å². The van der Waals surface area contributed by atoms with Crippen LogP contribution in [0.15, 0.2) is 12.1 Å². The number of hydrogen-bond donors (Lipinski definition) is 1. The van der Waals surface area contributed by atoms with Crippen LogP contribution >= 0.6 is 0 Å². The highest BCUT2D eigenvalue weighted by Gasteiger charge is 2.33. The van der Waals surface area contributed by atoms with Gasteiger partial charge in [-0.2, -0.15) is 0 Å². The molecule has 2 aliphatic carbocycles. The molecular weight excluding hydrogens is 358 g/mol. The van der Waals surface area contributed by atoms with Gasteiger partial charge in [-0.3, -0.25) is 0 Å². The van der Waals surface area contributed by atoms with Crippen LogP contribution in [0.25, 0.3) is 0 Å². The Labute approximate surface area is 167 Å². The van der Waals surface area contributed by atoms with E-state index in [0.29, 0.717) is 29.7 Å². The van der Waals surface area contributed by atoms with Gasteiger partial charge in [-0.15, -0.1) is 0 Å². The van der Waals surface area contributed by atoms with Gasteiger partial charge in [-0.05, 0) is 60.6 Å². The number of carboxylic acids is 1. The molecule has 0 amide bonds. The number of rotatable bonds is 7. The van der Waals surface area contributed by atoms with Crippen molar-refractivity contribution in [3.63, 3.8) is 0 Å². The highest BCUT2D eigenvalue weighted by Crippen LogP contribution is 2.43. The summed E-state index contributed by atoms with van der Waals surface area (Å²) in [6, 6.07) is 2.51. The Kier molecular flexibility index (Phi) is 7.48. The summed E-state index contributed by atoms with van der Waals surface area (Å²) in [4.78, 5) is 11.1. The maximum absolute atomic E-state index is 14.2. The van der Waals surface area contributed by atoms with Gasteiger partial charge in [0.25, 0.3) is 0 Å². The zero-order valence-electron chi connectivity index (χ0n) is 17.1. The van der Waals surface area contributed by atoms with Crippen molar-refractivity contribution in [3.8, 4) is 0 Å². The summed E-state index contributed by atoms with van der Waals surface area (Å²) >= 11 is 0. The molecule has 1 aromatic carbocycles. The van der Waals surface area contributed by atoms with Crippen molar-refractivity contribution in [1.29, 1.82) is 0 Å². The molecule has 0 aliphatic heterocycles. The lowest BCUT2D eigenvalue weighted by Gasteiger charge is -2.40. The number of aromatic carboxylic acids is 1. The van der Waals surface area contributed by atoms with Gasteiger partial charge in [0, 0.05) is 0 Å². The normalized spacial score (nSPS) is 24.8. The first-order chi connectivity index (χ1) is 13.5. The van der Waals surface area contributed by atoms with Crippen molar-refractivity contribution in [2.45, 2.75) is 84.0 Å². The van der Waals surface area contributed by atoms with Gasteiger partial charge in [-0.1, -0.05) is 64.7 Å². The Morgan fingerprint density at radius 2 is 1.57 bits per heavy atom. The van der Waals surface area contributed by atoms with Crippen molar-refractivity contribution in [3.05, 3.63) is 34.9 Å². The van der Waals surface area contributed by atoms with Crippen molar-refractivity contribution in [2.75, 3.05) is 0 Å². The summed E-state index contributed by atoms with van der Waals surface area (Å²) in [7, 11) is 0. The zero-order chi connectivity index (χ0) is 20.1. The minimum absolute atomic E-state index is 0.456. The van der Waals surface area contributed by atoms with E-state index in [4.69, 9.17) is 5.11 Å². The summed E-state index contributed by atoms with van der Waals surface area (Å²) in [6.45, 7) is 2.25. The first kappa shape index (κ1) is 21.3. The monoisotopic (exact) mass is 392 g/mol. The van der Waals surface area contributed by atoms with Crippen LogP contribution in [0, 0.1) is 35.3 Å². The fourth-order valence-corrected chi connectivity index (χ4v) is 5.81. The molecule has 4 heteroatoms. The summed E-state index contributed by atoms with van der Waals surface area (Å²) in [6.07, 6.45) is 14.5. The molecule has 0 heterocycles. The van der Waals surface area contributed by atoms with E-state index in [-0.39, 0.29) is 0 Å². The molecule has 2 aliphatic rings. The van der Waals surface area contributed by atoms with Crippen LogP contribution in [0.5, 0.6) is 0 Å². The Balaban J connectivity index is 1.77. The number of halogens is 2. The second kappa shape index (κ2) is 9.84. The minimum atomic E-state index is -1.54. The van der Waals surface area contributed by atoms with Crippen molar-refractivity contribution in [2.24, 2.45) is 23.7 Å². The molecule has 2 nitrogen and oxygen atoms in total. The first-order valence-corrected chi connectivity index (χ1v) is 11.2. The Morgan fingerprint density at radius 1 is 1.00 bits per heavy atom. The van der Waals surface area contributed by atoms with Crippen molar-refractivity contribution < 1.29 is 18.7 Å². The van der Waals surface area contributed by atoms with E-state index < -0.39 is 23.2 Å². The molecule has 28 heavy (non-hydrogen) atoms. The summed E-state index contributed by atoms with van der Waals surface area (Å²) in [5.41, 5.74) is -0.218. The molecule has 1 N–H and O–H groups in total. The molecule has 1 aromatic rings. The topological polar surface area (TPSA) is 37.3 Å². The van der Waals surface area contributed by atoms with Crippen LogP contribution in [0.3, 0.4) is 0 Å². The molecule has 3 rings (SSSR count). The second-order valence-corrected chi connectivity index (χ2v) is 9.08. The van der Waals surface area contributed by atoms with Crippen LogP contribution < -0.4 is 0 Å². The first-order valence-electron chi connectivity index (χ1n) is 11.2. The van der Waals surface area contributed by atoms with Crippen LogP contribution in [0.2, 0.25) is 0 Å². The molecule has 0 saturated heterocycles. The molecule has 156 valence electrons. The average molecular weight is 393 g/mol. The van der Waals surface area contributed by atoms with Gasteiger partial charge < -0.3 is 5.11 Å². The van der Waals surface area contributed by atoms with Gasteiger partial charge in [0.15, 0.2) is 0 Å². The third-order valence-electron chi connectivity index (χ3n) is 7.24. The molecule has 0 bridgehead atoms. The Hall–Kier alpha value is -1.45. The largest absolute Gasteiger partial charge is 0.477 e. The van der Waals surface area contributed by atoms with E-state index in [9.17, 15) is 13.6 Å². The molecule has 0 radical (unpaired) electrons. The number of carboxylic acid groups (broad SMARTS) is 1. The zero-order valence-corrected chi connectivity index (χ0v) is 17.1. The van der Waals surface area contributed by atoms with E-state index in [0.717, 1.165) is 5.92 Å². The fourth-order valence-electron chi connectivity index (χ4n) is 5.81. The Bertz CT molecular complexity index is 636. The second-order valence-electron chi connectivity index (χ2n) is 9.08. The number of benzene rings is 1. The van der Waals surface area contributed by atoms with Gasteiger partial charge in [0.05, 0.1) is 0 Å². The molecule has 0 aromatic heterocycles. The highest BCUT2D eigenvalue weighted by atomic mass is 19.1. The van der Waals surface area contributed by atoms with E-state index in [1.54, 1.807) is 0 Å². The average Bonchev–Trinajstić information content (AvgIpc) is 2.67. The van der Waals surface area contributed by atoms with Crippen LogP contribution in [0.4, 0.5) is 8.78 Å². The molecule has 1 unspecified atom stereocenters. The summed E-state index contributed by atoms with van der Waals surface area (Å²) in [5.74, 6) is -0.878. The lowest BCUT2D eigenvalue weighted by atomic mass is 9.66. The summed E-state index contributed by atoms with van der Waals surface area (Å²) < 4.78 is 28.4. The van der Waals surface area contributed by atoms with E-state index in [1.807, 2.05) is 0 Å². The van der Waals surface area contributed by atoms with E-state index >= 15 is 0 Å². The third kappa shape index (κ3) is 5.12. The lowest BCUT2D eigenvalue weighted by Crippen LogP contribution is -2.30. The number of hydrogen-bond acceptors (Lipinski definition) is 1. The SMILES string of the molecule is CCCC1CCC(C(Cc2cc(F)c(C(=O)O)c(F)c2)C2CCCCC2)CC1. The maximum atomic E-state index is 14.2. The van der Waals surface area contributed by atoms with Gasteiger partial charge in [-0.25, -0.2) is 13.6 Å². The van der Waals surface area contributed by atoms with Gasteiger partial charge >= 0.3 is 5.97 Å². The lowest BCUT2D eigenvalue weighted by molar-refractivity contribution is 0.0686. The minimum Gasteiger partial charge on any atom is -0.477 e. The molecule has 2 fully saturated rings. The molecule has 2 saturated carbocycles. The van der Waals surface area contributed by atoms with Crippen LogP contribution in [-0.2, 0) is 6.42 Å². The quantitative estimate of drug-likeness (QED) is 0.542. The van der Waals surface area contributed by atoms with Crippen molar-refractivity contribution >= 4 is 5.97 Å². The summed E-state index contributed by atoms with van der Waals surface area (Å²) in [5, 5.41) is 9.02. The third-order valence-corrected chi connectivity index (χ3v) is 7.24. The molecule has 1 atom stereocenters. The fraction of sp³-hybridized carbons (Fsp3) is 0.708. The van der Waals surface area contributed by atoms with Gasteiger partial charge in [0.2, 0.25) is 0 Å². The standard InChI is InChI=1S/C24H34F2O2/c1-2-6-16-9-11-19(12-10-16)20(18-7-4-3-5-8-18)13-17-14-21(25)23(24(27)28)22(26)15-17/h14-16,18-20H,2-13H2,1H3,(H,27,28).